The number of ether oxygens (including phenoxy) is 1. The van der Waals surface area contributed by atoms with Gasteiger partial charge in [0.15, 0.2) is 0 Å². The van der Waals surface area contributed by atoms with Crippen molar-refractivity contribution in [2.75, 3.05) is 26.7 Å². The Morgan fingerprint density at radius 1 is 1.40 bits per heavy atom. The molecule has 1 aliphatic heterocycles. The van der Waals surface area contributed by atoms with E-state index in [1.807, 2.05) is 12.3 Å². The maximum Gasteiger partial charge on any atom is 0.218 e. The molecule has 1 aromatic heterocycles. The highest BCUT2D eigenvalue weighted by Gasteiger charge is 2.19. The van der Waals surface area contributed by atoms with Crippen LogP contribution in [0.5, 0.6) is 5.88 Å². The van der Waals surface area contributed by atoms with Crippen LogP contribution in [-0.4, -0.2) is 42.7 Å². The first-order valence-corrected chi connectivity index (χ1v) is 7.65. The number of pyridine rings is 1. The van der Waals surface area contributed by atoms with Crippen LogP contribution in [0.15, 0.2) is 18.3 Å². The molecule has 0 bridgehead atoms. The highest BCUT2D eigenvalue weighted by molar-refractivity contribution is 5.25. The summed E-state index contributed by atoms with van der Waals surface area (Å²) in [5.74, 6) is 1.46. The minimum atomic E-state index is 0.310. The molecule has 4 nitrogen and oxygen atoms in total. The van der Waals surface area contributed by atoms with Gasteiger partial charge in [-0.1, -0.05) is 19.9 Å². The van der Waals surface area contributed by atoms with Crippen LogP contribution in [0.3, 0.4) is 0 Å². The van der Waals surface area contributed by atoms with Gasteiger partial charge in [-0.05, 0) is 38.4 Å². The lowest BCUT2D eigenvalue weighted by Crippen LogP contribution is -2.36. The Kier molecular flexibility index (Phi) is 5.80. The molecule has 0 spiro atoms. The molecule has 0 radical (unpaired) electrons. The molecule has 1 N–H and O–H groups in total. The van der Waals surface area contributed by atoms with Crippen molar-refractivity contribution in [1.29, 1.82) is 0 Å². The fourth-order valence-corrected chi connectivity index (χ4v) is 2.42. The lowest BCUT2D eigenvalue weighted by atomic mass is 10.1. The van der Waals surface area contributed by atoms with Crippen molar-refractivity contribution in [3.05, 3.63) is 23.9 Å². The molecule has 1 aromatic rings. The smallest absolute Gasteiger partial charge is 0.218 e. The summed E-state index contributed by atoms with van der Waals surface area (Å²) in [5, 5.41) is 3.46. The zero-order chi connectivity index (χ0) is 14.4. The van der Waals surface area contributed by atoms with Gasteiger partial charge in [0, 0.05) is 31.4 Å². The molecule has 0 aromatic carbocycles. The monoisotopic (exact) mass is 277 g/mol. The number of rotatable bonds is 6. The van der Waals surface area contributed by atoms with Gasteiger partial charge in [0.05, 0.1) is 0 Å². The van der Waals surface area contributed by atoms with Gasteiger partial charge in [0.25, 0.3) is 0 Å². The molecule has 0 aliphatic carbocycles. The maximum atomic E-state index is 6.11. The summed E-state index contributed by atoms with van der Waals surface area (Å²) < 4.78 is 6.11. The minimum Gasteiger partial charge on any atom is -0.474 e. The highest BCUT2D eigenvalue weighted by atomic mass is 16.5. The Morgan fingerprint density at radius 2 is 2.15 bits per heavy atom. The second-order valence-electron chi connectivity index (χ2n) is 6.11. The fourth-order valence-electron chi connectivity index (χ4n) is 2.42. The number of piperidine rings is 1. The lowest BCUT2D eigenvalue weighted by molar-refractivity contribution is 0.109. The van der Waals surface area contributed by atoms with Crippen LogP contribution >= 0.6 is 0 Å². The van der Waals surface area contributed by atoms with Crippen molar-refractivity contribution in [1.82, 2.24) is 15.2 Å². The predicted molar refractivity (Wildman–Crippen MR) is 81.9 cm³/mol. The number of hydrogen-bond donors (Lipinski definition) is 1. The average molecular weight is 277 g/mol. The van der Waals surface area contributed by atoms with Crippen molar-refractivity contribution in [2.45, 2.75) is 39.3 Å². The first-order valence-electron chi connectivity index (χ1n) is 7.65. The lowest BCUT2D eigenvalue weighted by Gasteiger charge is -2.29. The van der Waals surface area contributed by atoms with E-state index in [1.165, 1.54) is 0 Å². The molecule has 20 heavy (non-hydrogen) atoms. The molecular formula is C16H27N3O. The number of aromatic nitrogens is 1. The molecule has 4 heteroatoms. The summed E-state index contributed by atoms with van der Waals surface area (Å²) in [6.45, 7) is 8.49. The van der Waals surface area contributed by atoms with Crippen molar-refractivity contribution in [2.24, 2.45) is 5.92 Å². The number of likely N-dealkylation sites (tertiary alicyclic amines) is 1. The number of nitrogens with zero attached hydrogens (tertiary/aromatic N) is 2. The Labute approximate surface area is 122 Å². The molecule has 0 saturated carbocycles. The molecule has 1 fully saturated rings. The molecule has 0 amide bonds. The molecule has 1 aliphatic rings. The van der Waals surface area contributed by atoms with Crippen LogP contribution < -0.4 is 10.1 Å². The van der Waals surface area contributed by atoms with Gasteiger partial charge in [0.2, 0.25) is 5.88 Å². The van der Waals surface area contributed by atoms with Gasteiger partial charge in [-0.3, -0.25) is 0 Å². The van der Waals surface area contributed by atoms with Crippen molar-refractivity contribution in [3.8, 4) is 5.88 Å². The molecule has 2 heterocycles. The topological polar surface area (TPSA) is 37.4 Å². The van der Waals surface area contributed by atoms with E-state index >= 15 is 0 Å². The molecule has 1 saturated heterocycles. The Bertz CT molecular complexity index is 400. The summed E-state index contributed by atoms with van der Waals surface area (Å²) in [5.41, 5.74) is 1.16. The maximum absolute atomic E-state index is 6.11. The van der Waals surface area contributed by atoms with E-state index < -0.39 is 0 Å². The zero-order valence-corrected chi connectivity index (χ0v) is 12.9. The van der Waals surface area contributed by atoms with Gasteiger partial charge in [-0.15, -0.1) is 0 Å². The summed E-state index contributed by atoms with van der Waals surface area (Å²) in [6.07, 6.45) is 4.30. The number of nitrogens with one attached hydrogen (secondary N) is 1. The van der Waals surface area contributed by atoms with E-state index in [9.17, 15) is 0 Å². The van der Waals surface area contributed by atoms with E-state index in [4.69, 9.17) is 4.74 Å². The third-order valence-electron chi connectivity index (χ3n) is 3.66. The van der Waals surface area contributed by atoms with Crippen LogP contribution in [-0.2, 0) is 6.54 Å². The molecule has 112 valence electrons. The minimum absolute atomic E-state index is 0.310. The van der Waals surface area contributed by atoms with E-state index in [-0.39, 0.29) is 0 Å². The third kappa shape index (κ3) is 4.76. The predicted octanol–water partition coefficient (Wildman–Crippen LogP) is 2.30. The van der Waals surface area contributed by atoms with E-state index in [2.05, 4.69) is 42.2 Å². The Morgan fingerprint density at radius 3 is 2.85 bits per heavy atom. The van der Waals surface area contributed by atoms with Crippen molar-refractivity contribution >= 4 is 0 Å². The molecule has 0 unspecified atom stereocenters. The Balaban J connectivity index is 1.90. The summed E-state index contributed by atoms with van der Waals surface area (Å²) in [4.78, 5) is 6.76. The molecule has 2 rings (SSSR count). The summed E-state index contributed by atoms with van der Waals surface area (Å²) in [7, 11) is 2.16. The van der Waals surface area contributed by atoms with E-state index in [0.29, 0.717) is 12.0 Å². The van der Waals surface area contributed by atoms with E-state index in [0.717, 1.165) is 50.5 Å². The quantitative estimate of drug-likeness (QED) is 0.866. The fraction of sp³-hybridized carbons (Fsp3) is 0.688. The normalized spacial score (nSPS) is 17.6. The van der Waals surface area contributed by atoms with Gasteiger partial charge in [-0.2, -0.15) is 0 Å². The van der Waals surface area contributed by atoms with Crippen LogP contribution in [0, 0.1) is 5.92 Å². The van der Waals surface area contributed by atoms with Crippen molar-refractivity contribution in [3.63, 3.8) is 0 Å². The summed E-state index contributed by atoms with van der Waals surface area (Å²) in [6, 6.07) is 4.08. The largest absolute Gasteiger partial charge is 0.474 e. The van der Waals surface area contributed by atoms with Crippen LogP contribution in [0.1, 0.15) is 32.3 Å². The van der Waals surface area contributed by atoms with Gasteiger partial charge in [0.1, 0.15) is 6.10 Å². The third-order valence-corrected chi connectivity index (χ3v) is 3.66. The Hall–Kier alpha value is -1.13. The highest BCUT2D eigenvalue weighted by Crippen LogP contribution is 2.20. The standard InChI is InChI=1S/C16H27N3O/c1-13(2)11-17-12-14-5-4-8-18-16(14)20-15-6-9-19(3)10-7-15/h4-5,8,13,15,17H,6-7,9-12H2,1-3H3. The van der Waals surface area contributed by atoms with Crippen LogP contribution in [0.2, 0.25) is 0 Å². The molecular weight excluding hydrogens is 250 g/mol. The first kappa shape index (κ1) is 15.3. The SMILES string of the molecule is CC(C)CNCc1cccnc1OC1CCN(C)CC1. The van der Waals surface area contributed by atoms with Gasteiger partial charge < -0.3 is 15.0 Å². The van der Waals surface area contributed by atoms with Gasteiger partial charge in [-0.25, -0.2) is 4.98 Å². The average Bonchev–Trinajstić information content (AvgIpc) is 2.43. The molecule has 0 atom stereocenters. The zero-order valence-electron chi connectivity index (χ0n) is 12.9. The van der Waals surface area contributed by atoms with E-state index in [1.54, 1.807) is 0 Å². The van der Waals surface area contributed by atoms with Gasteiger partial charge >= 0.3 is 0 Å². The first-order chi connectivity index (χ1) is 9.65. The second-order valence-corrected chi connectivity index (χ2v) is 6.11. The van der Waals surface area contributed by atoms with Crippen LogP contribution in [0.4, 0.5) is 0 Å². The second kappa shape index (κ2) is 7.60. The number of hydrogen-bond acceptors (Lipinski definition) is 4. The van der Waals surface area contributed by atoms with Crippen molar-refractivity contribution < 1.29 is 4.74 Å². The summed E-state index contributed by atoms with van der Waals surface area (Å²) >= 11 is 0. The van der Waals surface area contributed by atoms with Crippen LogP contribution in [0.25, 0.3) is 0 Å².